The highest BCUT2D eigenvalue weighted by atomic mass is 19.1. The van der Waals surface area contributed by atoms with Gasteiger partial charge in [0.2, 0.25) is 11.8 Å². The van der Waals surface area contributed by atoms with E-state index < -0.39 is 5.82 Å². The number of aromatic nitrogens is 2. The molecule has 2 saturated heterocycles. The molecule has 0 aromatic carbocycles. The third kappa shape index (κ3) is 5.40. The van der Waals surface area contributed by atoms with E-state index in [-0.39, 0.29) is 24.5 Å². The fourth-order valence-corrected chi connectivity index (χ4v) is 4.27. The molecule has 4 heterocycles. The monoisotopic (exact) mass is 441 g/mol. The number of halogens is 1. The van der Waals surface area contributed by atoms with E-state index >= 15 is 0 Å². The van der Waals surface area contributed by atoms with Gasteiger partial charge in [0.05, 0.1) is 24.5 Å². The number of hydrogen-bond donors (Lipinski definition) is 1. The standard InChI is InChI=1S/C23H28FN5O3/c1-16-12-18(27-21-7-6-17(24)14-25-21)13-19(26-16)20-4-2-9-29(20)23(31)15-32-11-10-28-8-3-5-22(28)30/h6-7,12-14,20H,2-5,8-11,15H2,1H3,(H,25,26,27)/t20-/m1/s1. The summed E-state index contributed by atoms with van der Waals surface area (Å²) in [5, 5.41) is 3.17. The Balaban J connectivity index is 1.36. The van der Waals surface area contributed by atoms with E-state index in [0.29, 0.717) is 31.9 Å². The van der Waals surface area contributed by atoms with Crippen LogP contribution >= 0.6 is 0 Å². The lowest BCUT2D eigenvalue weighted by Crippen LogP contribution is -2.35. The van der Waals surface area contributed by atoms with Gasteiger partial charge in [0, 0.05) is 37.4 Å². The average molecular weight is 442 g/mol. The molecule has 0 aliphatic carbocycles. The van der Waals surface area contributed by atoms with Crippen LogP contribution in [-0.4, -0.2) is 64.4 Å². The predicted molar refractivity (Wildman–Crippen MR) is 117 cm³/mol. The molecular weight excluding hydrogens is 413 g/mol. The quantitative estimate of drug-likeness (QED) is 0.634. The molecule has 0 unspecified atom stereocenters. The van der Waals surface area contributed by atoms with Gasteiger partial charge in [0.1, 0.15) is 18.2 Å². The SMILES string of the molecule is Cc1cc(Nc2ccc(F)cn2)cc([C@H]2CCCN2C(=O)COCCN2CCCC2=O)n1. The summed E-state index contributed by atoms with van der Waals surface area (Å²) >= 11 is 0. The minimum absolute atomic E-state index is 0.00501. The van der Waals surface area contributed by atoms with Crippen LogP contribution in [0.4, 0.5) is 15.9 Å². The number of carbonyl (C=O) groups excluding carboxylic acids is 2. The van der Waals surface area contributed by atoms with E-state index in [9.17, 15) is 14.0 Å². The minimum Gasteiger partial charge on any atom is -0.370 e. The van der Waals surface area contributed by atoms with Gasteiger partial charge in [-0.25, -0.2) is 9.37 Å². The van der Waals surface area contributed by atoms with E-state index in [1.807, 2.05) is 24.0 Å². The molecule has 0 saturated carbocycles. The molecular formula is C23H28FN5O3. The molecule has 32 heavy (non-hydrogen) atoms. The molecule has 2 amide bonds. The molecule has 1 atom stereocenters. The Hall–Kier alpha value is -3.07. The van der Waals surface area contributed by atoms with Gasteiger partial charge in [-0.3, -0.25) is 14.6 Å². The van der Waals surface area contributed by atoms with Crippen LogP contribution in [0.3, 0.4) is 0 Å². The topological polar surface area (TPSA) is 87.7 Å². The number of amides is 2. The van der Waals surface area contributed by atoms with Crippen LogP contribution in [0, 0.1) is 12.7 Å². The molecule has 9 heteroatoms. The Morgan fingerprint density at radius 3 is 2.91 bits per heavy atom. The lowest BCUT2D eigenvalue weighted by molar-refractivity contribution is -0.137. The Morgan fingerprint density at radius 1 is 1.28 bits per heavy atom. The molecule has 0 bridgehead atoms. The van der Waals surface area contributed by atoms with Crippen molar-refractivity contribution in [1.82, 2.24) is 19.8 Å². The normalized spacial score (nSPS) is 18.4. The summed E-state index contributed by atoms with van der Waals surface area (Å²) in [4.78, 5) is 36.8. The summed E-state index contributed by atoms with van der Waals surface area (Å²) in [5.74, 6) is 0.229. The molecule has 2 aliphatic rings. The molecule has 4 rings (SSSR count). The maximum absolute atomic E-state index is 13.1. The number of anilines is 2. The molecule has 2 fully saturated rings. The number of carbonyl (C=O) groups is 2. The first-order valence-corrected chi connectivity index (χ1v) is 11.0. The van der Waals surface area contributed by atoms with E-state index in [1.165, 1.54) is 6.07 Å². The zero-order valence-corrected chi connectivity index (χ0v) is 18.2. The Bertz CT molecular complexity index is 969. The summed E-state index contributed by atoms with van der Waals surface area (Å²) in [6, 6.07) is 6.60. The summed E-state index contributed by atoms with van der Waals surface area (Å²) in [6.45, 7) is 4.22. The second kappa shape index (κ2) is 10.0. The van der Waals surface area contributed by atoms with Gasteiger partial charge in [-0.15, -0.1) is 0 Å². The number of likely N-dealkylation sites (tertiary alicyclic amines) is 2. The van der Waals surface area contributed by atoms with Crippen molar-refractivity contribution in [2.24, 2.45) is 0 Å². The van der Waals surface area contributed by atoms with Gasteiger partial charge in [0.25, 0.3) is 0 Å². The number of nitrogens with zero attached hydrogens (tertiary/aromatic N) is 4. The maximum atomic E-state index is 13.1. The molecule has 8 nitrogen and oxygen atoms in total. The van der Waals surface area contributed by atoms with Gasteiger partial charge in [-0.05, 0) is 50.5 Å². The molecule has 170 valence electrons. The fraction of sp³-hybridized carbons (Fsp3) is 0.478. The average Bonchev–Trinajstić information content (AvgIpc) is 3.42. The highest BCUT2D eigenvalue weighted by molar-refractivity contribution is 5.78. The minimum atomic E-state index is -0.392. The van der Waals surface area contributed by atoms with Crippen molar-refractivity contribution in [3.63, 3.8) is 0 Å². The van der Waals surface area contributed by atoms with Gasteiger partial charge in [-0.1, -0.05) is 0 Å². The van der Waals surface area contributed by atoms with Crippen molar-refractivity contribution < 1.29 is 18.7 Å². The van der Waals surface area contributed by atoms with E-state index in [4.69, 9.17) is 4.74 Å². The smallest absolute Gasteiger partial charge is 0.249 e. The van der Waals surface area contributed by atoms with Crippen molar-refractivity contribution in [3.05, 3.63) is 47.7 Å². The van der Waals surface area contributed by atoms with E-state index in [0.717, 1.165) is 49.1 Å². The number of ether oxygens (including phenoxy) is 1. The lowest BCUT2D eigenvalue weighted by Gasteiger charge is -2.25. The van der Waals surface area contributed by atoms with E-state index in [1.54, 1.807) is 11.0 Å². The maximum Gasteiger partial charge on any atom is 0.249 e. The Morgan fingerprint density at radius 2 is 2.16 bits per heavy atom. The molecule has 0 spiro atoms. The largest absolute Gasteiger partial charge is 0.370 e. The molecule has 1 N–H and O–H groups in total. The fourth-order valence-electron chi connectivity index (χ4n) is 4.27. The molecule has 2 aliphatic heterocycles. The zero-order chi connectivity index (χ0) is 22.5. The van der Waals surface area contributed by atoms with Crippen molar-refractivity contribution in [2.75, 3.05) is 38.2 Å². The summed E-state index contributed by atoms with van der Waals surface area (Å²) in [6.07, 6.45) is 4.39. The molecule has 2 aromatic heterocycles. The highest BCUT2D eigenvalue weighted by Gasteiger charge is 2.31. The highest BCUT2D eigenvalue weighted by Crippen LogP contribution is 2.32. The number of hydrogen-bond acceptors (Lipinski definition) is 6. The van der Waals surface area contributed by atoms with Gasteiger partial charge in [-0.2, -0.15) is 0 Å². The van der Waals surface area contributed by atoms with Gasteiger partial charge >= 0.3 is 0 Å². The van der Waals surface area contributed by atoms with Crippen molar-refractivity contribution in [1.29, 1.82) is 0 Å². The van der Waals surface area contributed by atoms with Gasteiger partial charge in [0.15, 0.2) is 0 Å². The lowest BCUT2D eigenvalue weighted by atomic mass is 10.1. The second-order valence-corrected chi connectivity index (χ2v) is 8.19. The third-order valence-corrected chi connectivity index (χ3v) is 5.79. The number of pyridine rings is 2. The summed E-state index contributed by atoms with van der Waals surface area (Å²) in [5.41, 5.74) is 2.42. The van der Waals surface area contributed by atoms with Gasteiger partial charge < -0.3 is 19.9 Å². The predicted octanol–water partition coefficient (Wildman–Crippen LogP) is 2.97. The van der Waals surface area contributed by atoms with Crippen molar-refractivity contribution >= 4 is 23.3 Å². The van der Waals surface area contributed by atoms with Crippen LogP contribution in [0.15, 0.2) is 30.5 Å². The third-order valence-electron chi connectivity index (χ3n) is 5.79. The first-order valence-electron chi connectivity index (χ1n) is 11.0. The van der Waals surface area contributed by atoms with Crippen LogP contribution in [0.1, 0.15) is 43.1 Å². The van der Waals surface area contributed by atoms with Crippen molar-refractivity contribution in [2.45, 2.75) is 38.6 Å². The van der Waals surface area contributed by atoms with Crippen LogP contribution < -0.4 is 5.32 Å². The summed E-state index contributed by atoms with van der Waals surface area (Å²) < 4.78 is 18.7. The first kappa shape index (κ1) is 22.1. The van der Waals surface area contributed by atoms with Crippen LogP contribution in [-0.2, 0) is 14.3 Å². The molecule has 2 aromatic rings. The van der Waals surface area contributed by atoms with Crippen molar-refractivity contribution in [3.8, 4) is 0 Å². The molecule has 0 radical (unpaired) electrons. The Kier molecular flexibility index (Phi) is 6.94. The first-order chi connectivity index (χ1) is 15.5. The van der Waals surface area contributed by atoms with E-state index in [2.05, 4.69) is 15.3 Å². The number of aryl methyl sites for hydroxylation is 1. The zero-order valence-electron chi connectivity index (χ0n) is 18.2. The second-order valence-electron chi connectivity index (χ2n) is 8.19. The number of rotatable bonds is 8. The summed E-state index contributed by atoms with van der Waals surface area (Å²) in [7, 11) is 0. The number of nitrogens with one attached hydrogen (secondary N) is 1. The van der Waals surface area contributed by atoms with Crippen LogP contribution in [0.5, 0.6) is 0 Å². The Labute approximate surface area is 186 Å². The van der Waals surface area contributed by atoms with Crippen LogP contribution in [0.25, 0.3) is 0 Å². The van der Waals surface area contributed by atoms with Crippen LogP contribution in [0.2, 0.25) is 0 Å².